The summed E-state index contributed by atoms with van der Waals surface area (Å²) in [6, 6.07) is 1.74. The number of hydrogen-bond donors (Lipinski definition) is 2. The van der Waals surface area contributed by atoms with E-state index in [4.69, 9.17) is 10.5 Å². The van der Waals surface area contributed by atoms with E-state index >= 15 is 0 Å². The van der Waals surface area contributed by atoms with E-state index in [1.54, 1.807) is 11.0 Å². The normalized spacial score (nSPS) is 27.7. The monoisotopic (exact) mass is 321 g/mol. The minimum absolute atomic E-state index is 0.0120. The third-order valence-electron chi connectivity index (χ3n) is 4.89. The van der Waals surface area contributed by atoms with E-state index in [1.165, 1.54) is 13.4 Å². The molecule has 0 spiro atoms. The fourth-order valence-corrected chi connectivity index (χ4v) is 3.49. The molecule has 2 aliphatic heterocycles. The fourth-order valence-electron chi connectivity index (χ4n) is 3.49. The van der Waals surface area contributed by atoms with Crippen LogP contribution in [0.4, 0.5) is 11.6 Å². The highest BCUT2D eigenvalue weighted by Gasteiger charge is 2.46. The maximum absolute atomic E-state index is 12.0. The van der Waals surface area contributed by atoms with Crippen molar-refractivity contribution in [3.8, 4) is 0 Å². The number of ether oxygens (including phenoxy) is 1. The molecule has 3 heterocycles. The molecule has 0 aromatic carbocycles. The summed E-state index contributed by atoms with van der Waals surface area (Å²) in [7, 11) is 1.51. The number of piperidine rings is 2. The summed E-state index contributed by atoms with van der Waals surface area (Å²) in [5.41, 5.74) is 5.01. The third kappa shape index (κ3) is 3.23. The molecule has 0 bridgehead atoms. The van der Waals surface area contributed by atoms with Crippen molar-refractivity contribution in [2.24, 2.45) is 5.92 Å². The van der Waals surface area contributed by atoms with Gasteiger partial charge in [0.1, 0.15) is 24.6 Å². The number of nitrogens with zero attached hydrogens (tertiary/aromatic N) is 4. The van der Waals surface area contributed by atoms with Crippen LogP contribution >= 0.6 is 0 Å². The Morgan fingerprint density at radius 2 is 2.22 bits per heavy atom. The number of likely N-dealkylation sites (tertiary alicyclic amines) is 1. The van der Waals surface area contributed by atoms with Crippen LogP contribution in [-0.4, -0.2) is 71.4 Å². The van der Waals surface area contributed by atoms with E-state index in [0.717, 1.165) is 12.4 Å². The third-order valence-corrected chi connectivity index (χ3v) is 4.89. The van der Waals surface area contributed by atoms with Crippen LogP contribution in [0.5, 0.6) is 0 Å². The number of aromatic nitrogens is 2. The molecule has 0 unspecified atom stereocenters. The molecule has 2 saturated heterocycles. The van der Waals surface area contributed by atoms with Crippen LogP contribution in [0.2, 0.25) is 0 Å². The number of anilines is 2. The molecule has 0 aliphatic carbocycles. The highest BCUT2D eigenvalue weighted by Crippen LogP contribution is 2.36. The molecule has 23 heavy (non-hydrogen) atoms. The zero-order chi connectivity index (χ0) is 16.4. The van der Waals surface area contributed by atoms with Gasteiger partial charge in [-0.15, -0.1) is 0 Å². The second-order valence-corrected chi connectivity index (χ2v) is 6.32. The number of nitrogens with two attached hydrogens (primary N) is 1. The van der Waals surface area contributed by atoms with E-state index in [2.05, 4.69) is 14.9 Å². The molecule has 1 aromatic rings. The molecule has 2 atom stereocenters. The van der Waals surface area contributed by atoms with Crippen LogP contribution < -0.4 is 10.6 Å². The molecule has 0 saturated carbocycles. The first kappa shape index (κ1) is 15.9. The molecule has 126 valence electrons. The first-order chi connectivity index (χ1) is 11.0. The lowest BCUT2D eigenvalue weighted by Crippen LogP contribution is -2.61. The van der Waals surface area contributed by atoms with Crippen LogP contribution in [0, 0.1) is 5.92 Å². The van der Waals surface area contributed by atoms with E-state index in [1.807, 2.05) is 0 Å². The number of carbonyl (C=O) groups is 1. The lowest BCUT2D eigenvalue weighted by atomic mass is 9.75. The summed E-state index contributed by atoms with van der Waals surface area (Å²) in [4.78, 5) is 24.1. The molecule has 8 nitrogen and oxygen atoms in total. The Bertz CT molecular complexity index is 584. The van der Waals surface area contributed by atoms with Crippen molar-refractivity contribution in [2.75, 3.05) is 50.5 Å². The topological polar surface area (TPSA) is 105 Å². The predicted molar refractivity (Wildman–Crippen MR) is 84.8 cm³/mol. The van der Waals surface area contributed by atoms with Crippen molar-refractivity contribution in [2.45, 2.75) is 18.4 Å². The number of rotatable bonds is 3. The summed E-state index contributed by atoms with van der Waals surface area (Å²) in [5.74, 6) is 1.15. The number of carbonyl (C=O) groups excluding carboxylic acids is 1. The van der Waals surface area contributed by atoms with Gasteiger partial charge in [0.05, 0.1) is 5.60 Å². The van der Waals surface area contributed by atoms with E-state index < -0.39 is 5.60 Å². The van der Waals surface area contributed by atoms with Crippen LogP contribution in [0.1, 0.15) is 12.8 Å². The van der Waals surface area contributed by atoms with Gasteiger partial charge in [0.2, 0.25) is 5.91 Å². The van der Waals surface area contributed by atoms with Crippen molar-refractivity contribution in [3.63, 3.8) is 0 Å². The Morgan fingerprint density at radius 3 is 2.96 bits per heavy atom. The van der Waals surface area contributed by atoms with Crippen molar-refractivity contribution in [1.82, 2.24) is 14.9 Å². The van der Waals surface area contributed by atoms with Crippen molar-refractivity contribution in [1.29, 1.82) is 0 Å². The molecule has 1 aromatic heterocycles. The van der Waals surface area contributed by atoms with Crippen molar-refractivity contribution < 1.29 is 14.6 Å². The lowest BCUT2D eigenvalue weighted by molar-refractivity contribution is -0.145. The number of hydrogen-bond acceptors (Lipinski definition) is 7. The maximum Gasteiger partial charge on any atom is 0.248 e. The summed E-state index contributed by atoms with van der Waals surface area (Å²) < 4.78 is 4.93. The standard InChI is InChI=1S/C15H23N5O3/c1-23-9-14(21)20-5-3-15(22)2-4-19(7-11(15)8-20)13-6-12(16)17-10-18-13/h6,10-11,22H,2-5,7-9H2,1H3,(H2,16,17,18)/t11-,15-/m1/s1. The number of fused-ring (bicyclic) bond motifs is 1. The number of methoxy groups -OCH3 is 1. The number of amides is 1. The quantitative estimate of drug-likeness (QED) is 0.773. The van der Waals surface area contributed by atoms with Crippen LogP contribution in [-0.2, 0) is 9.53 Å². The van der Waals surface area contributed by atoms with Gasteiger partial charge in [-0.1, -0.05) is 0 Å². The lowest BCUT2D eigenvalue weighted by Gasteiger charge is -2.50. The number of nitrogen functional groups attached to an aromatic ring is 1. The Labute approximate surface area is 135 Å². The van der Waals surface area contributed by atoms with Crippen LogP contribution in [0.3, 0.4) is 0 Å². The fraction of sp³-hybridized carbons (Fsp3) is 0.667. The van der Waals surface area contributed by atoms with Gasteiger partial charge in [0.25, 0.3) is 0 Å². The van der Waals surface area contributed by atoms with Gasteiger partial charge in [-0.25, -0.2) is 9.97 Å². The molecule has 2 aliphatic rings. The Kier molecular flexibility index (Phi) is 4.36. The summed E-state index contributed by atoms with van der Waals surface area (Å²) in [6.45, 7) is 2.56. The van der Waals surface area contributed by atoms with Crippen molar-refractivity contribution >= 4 is 17.5 Å². The zero-order valence-electron chi connectivity index (χ0n) is 13.3. The largest absolute Gasteiger partial charge is 0.389 e. The highest BCUT2D eigenvalue weighted by molar-refractivity contribution is 5.77. The molecule has 8 heteroatoms. The summed E-state index contributed by atoms with van der Waals surface area (Å²) >= 11 is 0. The molecule has 1 amide bonds. The van der Waals surface area contributed by atoms with Crippen molar-refractivity contribution in [3.05, 3.63) is 12.4 Å². The van der Waals surface area contributed by atoms with Crippen LogP contribution in [0.25, 0.3) is 0 Å². The smallest absolute Gasteiger partial charge is 0.248 e. The molecular formula is C15H23N5O3. The molecule has 0 radical (unpaired) electrons. The second-order valence-electron chi connectivity index (χ2n) is 6.32. The van der Waals surface area contributed by atoms with Gasteiger partial charge >= 0.3 is 0 Å². The first-order valence-corrected chi connectivity index (χ1v) is 7.83. The Balaban J connectivity index is 1.72. The van der Waals surface area contributed by atoms with Gasteiger partial charge < -0.3 is 25.4 Å². The van der Waals surface area contributed by atoms with Gasteiger partial charge in [0, 0.05) is 45.3 Å². The van der Waals surface area contributed by atoms with Crippen LogP contribution in [0.15, 0.2) is 12.4 Å². The average molecular weight is 321 g/mol. The maximum atomic E-state index is 12.0. The SMILES string of the molecule is COCC(=O)N1CC[C@]2(O)CCN(c3cc(N)ncn3)C[C@@H]2C1. The average Bonchev–Trinajstić information content (AvgIpc) is 2.54. The Hall–Kier alpha value is -1.93. The first-order valence-electron chi connectivity index (χ1n) is 7.83. The number of aliphatic hydroxyl groups is 1. The zero-order valence-corrected chi connectivity index (χ0v) is 13.3. The van der Waals surface area contributed by atoms with Gasteiger partial charge in [-0.05, 0) is 12.8 Å². The minimum atomic E-state index is -0.709. The van der Waals surface area contributed by atoms with Gasteiger partial charge in [-0.2, -0.15) is 0 Å². The van der Waals surface area contributed by atoms with Gasteiger partial charge in [0.15, 0.2) is 0 Å². The molecule has 3 N–H and O–H groups in total. The second kappa shape index (κ2) is 6.29. The highest BCUT2D eigenvalue weighted by atomic mass is 16.5. The molecule has 3 rings (SSSR count). The van der Waals surface area contributed by atoms with Gasteiger partial charge in [-0.3, -0.25) is 4.79 Å². The summed E-state index contributed by atoms with van der Waals surface area (Å²) in [6.07, 6.45) is 2.71. The summed E-state index contributed by atoms with van der Waals surface area (Å²) in [5, 5.41) is 10.9. The van der Waals surface area contributed by atoms with E-state index in [9.17, 15) is 9.90 Å². The molecule has 2 fully saturated rings. The predicted octanol–water partition coefficient (Wildman–Crippen LogP) is -0.505. The minimum Gasteiger partial charge on any atom is -0.389 e. The van der Waals surface area contributed by atoms with E-state index in [0.29, 0.717) is 38.3 Å². The van der Waals surface area contributed by atoms with E-state index in [-0.39, 0.29) is 18.4 Å². The Morgan fingerprint density at radius 1 is 1.43 bits per heavy atom. The molecular weight excluding hydrogens is 298 g/mol.